The molecule has 0 spiro atoms. The number of benzene rings is 2. The Morgan fingerprint density at radius 1 is 1.19 bits per heavy atom. The molecule has 1 unspecified atom stereocenters. The molecule has 21 heavy (non-hydrogen) atoms. The summed E-state index contributed by atoms with van der Waals surface area (Å²) in [5.41, 5.74) is 4.61. The number of aryl methyl sites for hydroxylation is 1. The molecule has 0 bridgehead atoms. The van der Waals surface area contributed by atoms with Crippen molar-refractivity contribution in [2.24, 2.45) is 0 Å². The summed E-state index contributed by atoms with van der Waals surface area (Å²) < 4.78 is 0. The third-order valence-electron chi connectivity index (χ3n) is 4.24. The molecule has 0 saturated carbocycles. The first-order chi connectivity index (χ1) is 10.2. The minimum atomic E-state index is 0.0952. The van der Waals surface area contributed by atoms with Crippen LogP contribution in [0.15, 0.2) is 48.5 Å². The van der Waals surface area contributed by atoms with Crippen molar-refractivity contribution in [1.82, 2.24) is 4.90 Å². The molecule has 3 rings (SSSR count). The van der Waals surface area contributed by atoms with Crippen LogP contribution in [-0.2, 0) is 11.8 Å². The van der Waals surface area contributed by atoms with Crippen molar-refractivity contribution in [3.8, 4) is 0 Å². The fraction of sp³-hybridized carbons (Fsp3) is 0.278. The zero-order chi connectivity index (χ0) is 14.8. The average molecular weight is 344 g/mol. The van der Waals surface area contributed by atoms with Crippen LogP contribution in [0.1, 0.15) is 39.5 Å². The van der Waals surface area contributed by atoms with E-state index in [0.29, 0.717) is 0 Å². The Kier molecular flexibility index (Phi) is 4.11. The smallest absolute Gasteiger partial charge is 0.254 e. The van der Waals surface area contributed by atoms with Crippen molar-refractivity contribution < 1.29 is 4.79 Å². The zero-order valence-electron chi connectivity index (χ0n) is 12.1. The summed E-state index contributed by atoms with van der Waals surface area (Å²) >= 11 is 3.42. The van der Waals surface area contributed by atoms with E-state index in [-0.39, 0.29) is 11.9 Å². The van der Waals surface area contributed by atoms with E-state index >= 15 is 0 Å². The Bertz CT molecular complexity index is 651. The fourth-order valence-corrected chi connectivity index (χ4v) is 3.39. The van der Waals surface area contributed by atoms with Crippen molar-refractivity contribution in [3.63, 3.8) is 0 Å². The molecule has 0 N–H and O–H groups in total. The minimum Gasteiger partial charge on any atom is -0.335 e. The molecule has 2 nitrogen and oxygen atoms in total. The first-order valence-corrected chi connectivity index (χ1v) is 8.32. The van der Waals surface area contributed by atoms with Gasteiger partial charge in [0.05, 0.1) is 6.04 Å². The molecule has 2 aromatic carbocycles. The number of nitrogens with zero attached hydrogens (tertiary/aromatic N) is 1. The van der Waals surface area contributed by atoms with Crippen molar-refractivity contribution >= 4 is 21.8 Å². The molecule has 0 aromatic heterocycles. The van der Waals surface area contributed by atoms with E-state index in [9.17, 15) is 4.79 Å². The summed E-state index contributed by atoms with van der Waals surface area (Å²) in [6, 6.07) is 16.5. The van der Waals surface area contributed by atoms with Gasteiger partial charge < -0.3 is 4.90 Å². The maximum absolute atomic E-state index is 12.7. The normalized spacial score (nSPS) is 16.6. The second kappa shape index (κ2) is 6.02. The number of hydrogen-bond donors (Lipinski definition) is 0. The van der Waals surface area contributed by atoms with E-state index in [1.54, 1.807) is 0 Å². The lowest BCUT2D eigenvalue weighted by molar-refractivity contribution is 0.0730. The van der Waals surface area contributed by atoms with Gasteiger partial charge in [-0.25, -0.2) is 0 Å². The first-order valence-electron chi connectivity index (χ1n) is 7.20. The van der Waals surface area contributed by atoms with Crippen LogP contribution < -0.4 is 0 Å². The number of alkyl halides is 1. The van der Waals surface area contributed by atoms with E-state index in [1.807, 2.05) is 36.2 Å². The predicted octanol–water partition coefficient (Wildman–Crippen LogP) is 4.34. The van der Waals surface area contributed by atoms with Crippen molar-refractivity contribution in [2.45, 2.75) is 24.2 Å². The SMILES string of the molecule is CN(C(=O)c1ccc(CBr)cc1)C1CCc2ccccc21. The van der Waals surface area contributed by atoms with Gasteiger partial charge in [-0.05, 0) is 41.7 Å². The molecule has 0 saturated heterocycles. The molecule has 1 atom stereocenters. The van der Waals surface area contributed by atoms with Crippen LogP contribution in [0.2, 0.25) is 0 Å². The maximum atomic E-state index is 12.7. The molecule has 0 fully saturated rings. The molecule has 1 amide bonds. The van der Waals surface area contributed by atoms with Crippen LogP contribution in [0.4, 0.5) is 0 Å². The highest BCUT2D eigenvalue weighted by atomic mass is 79.9. The van der Waals surface area contributed by atoms with E-state index < -0.39 is 0 Å². The predicted molar refractivity (Wildman–Crippen MR) is 88.7 cm³/mol. The Hall–Kier alpha value is -1.61. The molecular weight excluding hydrogens is 326 g/mol. The lowest BCUT2D eigenvalue weighted by atomic mass is 10.1. The Balaban J connectivity index is 1.82. The van der Waals surface area contributed by atoms with Gasteiger partial charge in [-0.2, -0.15) is 0 Å². The lowest BCUT2D eigenvalue weighted by Gasteiger charge is -2.25. The number of carbonyl (C=O) groups is 1. The number of carbonyl (C=O) groups excluding carboxylic acids is 1. The molecule has 1 aliphatic rings. The molecular formula is C18H18BrNO. The van der Waals surface area contributed by atoms with Gasteiger partial charge in [-0.1, -0.05) is 52.3 Å². The second-order valence-electron chi connectivity index (χ2n) is 5.50. The van der Waals surface area contributed by atoms with E-state index in [1.165, 1.54) is 16.7 Å². The summed E-state index contributed by atoms with van der Waals surface area (Å²) in [7, 11) is 1.91. The average Bonchev–Trinajstić information content (AvgIpc) is 2.97. The number of amides is 1. The standard InChI is InChI=1S/C18H18BrNO/c1-20(17-11-10-14-4-2-3-5-16(14)17)18(21)15-8-6-13(12-19)7-9-15/h2-9,17H,10-12H2,1H3. The van der Waals surface area contributed by atoms with Crippen LogP contribution in [-0.4, -0.2) is 17.9 Å². The molecule has 108 valence electrons. The molecule has 2 aromatic rings. The van der Waals surface area contributed by atoms with E-state index in [4.69, 9.17) is 0 Å². The summed E-state index contributed by atoms with van der Waals surface area (Å²) in [6.07, 6.45) is 2.07. The monoisotopic (exact) mass is 343 g/mol. The highest BCUT2D eigenvalue weighted by Crippen LogP contribution is 2.35. The Morgan fingerprint density at radius 3 is 2.62 bits per heavy atom. The number of rotatable bonds is 3. The highest BCUT2D eigenvalue weighted by molar-refractivity contribution is 9.08. The van der Waals surface area contributed by atoms with Gasteiger partial charge in [0.1, 0.15) is 0 Å². The topological polar surface area (TPSA) is 20.3 Å². The molecule has 0 heterocycles. The van der Waals surface area contributed by atoms with Gasteiger partial charge in [0, 0.05) is 17.9 Å². The van der Waals surface area contributed by atoms with Crippen LogP contribution in [0.3, 0.4) is 0 Å². The lowest BCUT2D eigenvalue weighted by Crippen LogP contribution is -2.30. The van der Waals surface area contributed by atoms with Crippen LogP contribution in [0.25, 0.3) is 0 Å². The molecule has 1 aliphatic carbocycles. The van der Waals surface area contributed by atoms with Crippen LogP contribution in [0, 0.1) is 0 Å². The third-order valence-corrected chi connectivity index (χ3v) is 4.89. The second-order valence-corrected chi connectivity index (χ2v) is 6.06. The van der Waals surface area contributed by atoms with Crippen molar-refractivity contribution in [3.05, 3.63) is 70.8 Å². The maximum Gasteiger partial charge on any atom is 0.254 e. The number of fused-ring (bicyclic) bond motifs is 1. The third kappa shape index (κ3) is 2.75. The highest BCUT2D eigenvalue weighted by Gasteiger charge is 2.28. The zero-order valence-corrected chi connectivity index (χ0v) is 13.6. The largest absolute Gasteiger partial charge is 0.335 e. The number of halogens is 1. The van der Waals surface area contributed by atoms with Crippen LogP contribution in [0.5, 0.6) is 0 Å². The van der Waals surface area contributed by atoms with Gasteiger partial charge in [0.15, 0.2) is 0 Å². The molecule has 0 aliphatic heterocycles. The van der Waals surface area contributed by atoms with Crippen LogP contribution >= 0.6 is 15.9 Å². The quantitative estimate of drug-likeness (QED) is 0.759. The van der Waals surface area contributed by atoms with Crippen molar-refractivity contribution in [1.29, 1.82) is 0 Å². The number of hydrogen-bond acceptors (Lipinski definition) is 1. The van der Waals surface area contributed by atoms with Gasteiger partial charge >= 0.3 is 0 Å². The van der Waals surface area contributed by atoms with Gasteiger partial charge in [-0.15, -0.1) is 0 Å². The van der Waals surface area contributed by atoms with Gasteiger partial charge in [-0.3, -0.25) is 4.79 Å². The van der Waals surface area contributed by atoms with E-state index in [2.05, 4.69) is 40.2 Å². The van der Waals surface area contributed by atoms with Gasteiger partial charge in [0.2, 0.25) is 0 Å². The molecule has 3 heteroatoms. The van der Waals surface area contributed by atoms with E-state index in [0.717, 1.165) is 23.7 Å². The summed E-state index contributed by atoms with van der Waals surface area (Å²) in [5.74, 6) is 0.0952. The first kappa shape index (κ1) is 14.3. The fourth-order valence-electron chi connectivity index (χ4n) is 3.02. The summed E-state index contributed by atoms with van der Waals surface area (Å²) in [4.78, 5) is 14.5. The summed E-state index contributed by atoms with van der Waals surface area (Å²) in [5, 5.41) is 0.813. The Labute approximate surface area is 133 Å². The molecule has 0 radical (unpaired) electrons. The van der Waals surface area contributed by atoms with Crippen molar-refractivity contribution in [2.75, 3.05) is 7.05 Å². The summed E-state index contributed by atoms with van der Waals surface area (Å²) in [6.45, 7) is 0. The van der Waals surface area contributed by atoms with Gasteiger partial charge in [0.25, 0.3) is 5.91 Å². The minimum absolute atomic E-state index is 0.0952. The Morgan fingerprint density at radius 2 is 1.90 bits per heavy atom.